The van der Waals surface area contributed by atoms with Gasteiger partial charge < -0.3 is 14.5 Å². The van der Waals surface area contributed by atoms with Crippen LogP contribution in [0.25, 0.3) is 11.0 Å². The summed E-state index contributed by atoms with van der Waals surface area (Å²) in [5.74, 6) is 0.132. The molecule has 0 spiro atoms. The summed E-state index contributed by atoms with van der Waals surface area (Å²) in [6.45, 7) is 1.12. The van der Waals surface area contributed by atoms with E-state index in [-0.39, 0.29) is 29.8 Å². The molecule has 0 unspecified atom stereocenters. The number of Topliss-reactive ketones (excluding diaryl/α,β-unsaturated/α-hetero) is 1. The summed E-state index contributed by atoms with van der Waals surface area (Å²) in [5.41, 5.74) is 1.93. The number of piperidine rings is 1. The second-order valence-corrected chi connectivity index (χ2v) is 6.87. The number of carbonyl (C=O) groups excluding carboxylic acids is 2. The average molecular weight is 364 g/mol. The van der Waals surface area contributed by atoms with Crippen LogP contribution in [0.15, 0.2) is 53.1 Å². The minimum Gasteiger partial charge on any atom is -0.508 e. The predicted molar refractivity (Wildman–Crippen MR) is 99.5 cm³/mol. The zero-order valence-corrected chi connectivity index (χ0v) is 14.8. The van der Waals surface area contributed by atoms with Crippen molar-refractivity contribution < 1.29 is 19.2 Å². The van der Waals surface area contributed by atoms with E-state index in [1.807, 2.05) is 24.3 Å². The van der Waals surface area contributed by atoms with Crippen LogP contribution in [0.1, 0.15) is 28.9 Å². The third-order valence-electron chi connectivity index (χ3n) is 5.14. The second-order valence-electron chi connectivity index (χ2n) is 6.87. The number of benzene rings is 2. The number of amides is 1. The van der Waals surface area contributed by atoms with E-state index >= 15 is 0 Å². The fourth-order valence-electron chi connectivity index (χ4n) is 3.57. The molecule has 1 saturated heterocycles. The molecule has 1 fully saturated rings. The van der Waals surface area contributed by atoms with Gasteiger partial charge in [-0.2, -0.15) is 0 Å². The number of rotatable bonds is 4. The molecule has 27 heavy (non-hydrogen) atoms. The first-order valence-electron chi connectivity index (χ1n) is 9.06. The molecule has 2 heterocycles. The average Bonchev–Trinajstić information content (AvgIpc) is 3.11. The Labute approximate surface area is 156 Å². The van der Waals surface area contributed by atoms with E-state index in [4.69, 9.17) is 4.52 Å². The Hall–Kier alpha value is -3.15. The number of likely N-dealkylation sites (tertiary alicyclic amines) is 1. The van der Waals surface area contributed by atoms with E-state index in [9.17, 15) is 14.7 Å². The highest BCUT2D eigenvalue weighted by atomic mass is 16.5. The molecule has 6 nitrogen and oxygen atoms in total. The van der Waals surface area contributed by atoms with E-state index in [1.54, 1.807) is 17.0 Å². The van der Waals surface area contributed by atoms with Crippen molar-refractivity contribution >= 4 is 22.7 Å². The Kier molecular flexibility index (Phi) is 4.62. The number of phenolic OH excluding ortho intramolecular Hbond substituents is 1. The first-order chi connectivity index (χ1) is 13.1. The van der Waals surface area contributed by atoms with Crippen LogP contribution in [0.4, 0.5) is 0 Å². The molecule has 1 aromatic heterocycles. The number of ketones is 1. The topological polar surface area (TPSA) is 83.6 Å². The Morgan fingerprint density at radius 2 is 1.78 bits per heavy atom. The lowest BCUT2D eigenvalue weighted by Gasteiger charge is -2.31. The zero-order chi connectivity index (χ0) is 18.8. The van der Waals surface area contributed by atoms with E-state index in [1.165, 1.54) is 12.1 Å². The quantitative estimate of drug-likeness (QED) is 0.719. The minimum absolute atomic E-state index is 0.00425. The fraction of sp³-hybridized carbons (Fsp3) is 0.286. The van der Waals surface area contributed by atoms with Crippen LogP contribution >= 0.6 is 0 Å². The molecule has 0 saturated carbocycles. The maximum absolute atomic E-state index is 12.6. The number of aromatic hydroxyl groups is 1. The molecule has 0 bridgehead atoms. The number of phenols is 1. The lowest BCUT2D eigenvalue weighted by atomic mass is 9.88. The molecule has 1 amide bonds. The first-order valence-corrected chi connectivity index (χ1v) is 9.06. The largest absolute Gasteiger partial charge is 0.508 e. The number of nitrogens with zero attached hydrogens (tertiary/aromatic N) is 2. The van der Waals surface area contributed by atoms with Gasteiger partial charge in [0.2, 0.25) is 5.91 Å². The molecule has 0 radical (unpaired) electrons. The highest BCUT2D eigenvalue weighted by Crippen LogP contribution is 2.24. The number of para-hydroxylation sites is 1. The molecule has 2 aromatic carbocycles. The van der Waals surface area contributed by atoms with Gasteiger partial charge in [-0.15, -0.1) is 0 Å². The Morgan fingerprint density at radius 3 is 2.52 bits per heavy atom. The highest BCUT2D eigenvalue weighted by Gasteiger charge is 2.28. The van der Waals surface area contributed by atoms with E-state index in [2.05, 4.69) is 5.16 Å². The SMILES string of the molecule is O=C(c1ccc(O)cc1)C1CCN(C(=O)Cc2noc3ccccc23)CC1. The Balaban J connectivity index is 1.36. The summed E-state index contributed by atoms with van der Waals surface area (Å²) in [4.78, 5) is 27.0. The van der Waals surface area contributed by atoms with Crippen LogP contribution in [0.3, 0.4) is 0 Å². The standard InChI is InChI=1S/C21H20N2O4/c24-16-7-5-14(6-8-16)21(26)15-9-11-23(12-10-15)20(25)13-18-17-3-1-2-4-19(17)27-22-18/h1-8,15,24H,9-13H2. The van der Waals surface area contributed by atoms with Crippen molar-refractivity contribution in [1.29, 1.82) is 0 Å². The number of hydrogen-bond acceptors (Lipinski definition) is 5. The van der Waals surface area contributed by atoms with Gasteiger partial charge in [-0.1, -0.05) is 17.3 Å². The Morgan fingerprint density at radius 1 is 1.07 bits per heavy atom. The van der Waals surface area contributed by atoms with Gasteiger partial charge in [0, 0.05) is 30.0 Å². The van der Waals surface area contributed by atoms with Gasteiger partial charge in [-0.05, 0) is 49.2 Å². The molecule has 3 aromatic rings. The summed E-state index contributed by atoms with van der Waals surface area (Å²) in [7, 11) is 0. The van der Waals surface area contributed by atoms with Crippen molar-refractivity contribution in [3.8, 4) is 5.75 Å². The fourth-order valence-corrected chi connectivity index (χ4v) is 3.57. The molecule has 1 aliphatic heterocycles. The van der Waals surface area contributed by atoms with Crippen LogP contribution in [0, 0.1) is 5.92 Å². The lowest BCUT2D eigenvalue weighted by molar-refractivity contribution is -0.131. The lowest BCUT2D eigenvalue weighted by Crippen LogP contribution is -2.41. The number of hydrogen-bond donors (Lipinski definition) is 1. The molecule has 1 N–H and O–H groups in total. The van der Waals surface area contributed by atoms with E-state index in [0.717, 1.165) is 5.39 Å². The Bertz CT molecular complexity index is 969. The molecular weight excluding hydrogens is 344 g/mol. The van der Waals surface area contributed by atoms with E-state index < -0.39 is 0 Å². The van der Waals surface area contributed by atoms with Gasteiger partial charge in [0.25, 0.3) is 0 Å². The van der Waals surface area contributed by atoms with Crippen molar-refractivity contribution in [2.24, 2.45) is 5.92 Å². The highest BCUT2D eigenvalue weighted by molar-refractivity contribution is 5.98. The van der Waals surface area contributed by atoms with Gasteiger partial charge in [0.1, 0.15) is 11.4 Å². The third kappa shape index (κ3) is 3.56. The normalized spacial score (nSPS) is 15.2. The summed E-state index contributed by atoms with van der Waals surface area (Å²) in [6, 6.07) is 13.8. The van der Waals surface area contributed by atoms with Crippen molar-refractivity contribution in [3.63, 3.8) is 0 Å². The number of aromatic nitrogens is 1. The smallest absolute Gasteiger partial charge is 0.228 e. The summed E-state index contributed by atoms with van der Waals surface area (Å²) < 4.78 is 5.26. The van der Waals surface area contributed by atoms with Crippen LogP contribution < -0.4 is 0 Å². The number of fused-ring (bicyclic) bond motifs is 1. The second kappa shape index (κ2) is 7.23. The third-order valence-corrected chi connectivity index (χ3v) is 5.14. The molecule has 4 rings (SSSR count). The van der Waals surface area contributed by atoms with Crippen LogP contribution in [-0.2, 0) is 11.2 Å². The number of carbonyl (C=O) groups is 2. The van der Waals surface area contributed by atoms with Crippen molar-refractivity contribution in [2.45, 2.75) is 19.3 Å². The molecule has 0 atom stereocenters. The zero-order valence-electron chi connectivity index (χ0n) is 14.8. The summed E-state index contributed by atoms with van der Waals surface area (Å²) >= 11 is 0. The first kappa shape index (κ1) is 17.3. The summed E-state index contributed by atoms with van der Waals surface area (Å²) in [6.07, 6.45) is 1.49. The maximum Gasteiger partial charge on any atom is 0.228 e. The molecule has 138 valence electrons. The van der Waals surface area contributed by atoms with Crippen molar-refractivity contribution in [3.05, 3.63) is 59.8 Å². The molecular formula is C21H20N2O4. The summed E-state index contributed by atoms with van der Waals surface area (Å²) in [5, 5.41) is 14.2. The molecule has 0 aliphatic carbocycles. The monoisotopic (exact) mass is 364 g/mol. The van der Waals surface area contributed by atoms with Gasteiger partial charge in [-0.3, -0.25) is 9.59 Å². The van der Waals surface area contributed by atoms with Crippen LogP contribution in [-0.4, -0.2) is 39.9 Å². The van der Waals surface area contributed by atoms with Gasteiger partial charge in [0.05, 0.1) is 6.42 Å². The van der Waals surface area contributed by atoms with Crippen LogP contribution in [0.5, 0.6) is 5.75 Å². The van der Waals surface area contributed by atoms with Gasteiger partial charge >= 0.3 is 0 Å². The maximum atomic E-state index is 12.6. The van der Waals surface area contributed by atoms with Gasteiger partial charge in [-0.25, -0.2) is 0 Å². The predicted octanol–water partition coefficient (Wildman–Crippen LogP) is 3.20. The van der Waals surface area contributed by atoms with Crippen molar-refractivity contribution in [2.75, 3.05) is 13.1 Å². The van der Waals surface area contributed by atoms with Crippen molar-refractivity contribution in [1.82, 2.24) is 10.1 Å². The van der Waals surface area contributed by atoms with Gasteiger partial charge in [0.15, 0.2) is 11.4 Å². The minimum atomic E-state index is -0.0912. The van der Waals surface area contributed by atoms with E-state index in [0.29, 0.717) is 42.8 Å². The molecule has 6 heteroatoms. The van der Waals surface area contributed by atoms with Crippen LogP contribution in [0.2, 0.25) is 0 Å². The molecule has 1 aliphatic rings.